The number of ketones is 1. The molecular weight excluding hydrogens is 203 g/mol. The second-order valence-electron chi connectivity index (χ2n) is 2.66. The molecule has 0 radical (unpaired) electrons. The van der Waals surface area contributed by atoms with Crippen LogP contribution in [0.4, 0.5) is 0 Å². The number of Topliss-reactive ketones (excluding diaryl/α,β-unsaturated/α-hetero) is 1. The minimum Gasteiger partial charge on any atom is -0.460 e. The first kappa shape index (κ1) is 13.5. The lowest BCUT2D eigenvalue weighted by atomic mass is 10.3. The second-order valence-corrected chi connectivity index (χ2v) is 4.62. The Morgan fingerprint density at radius 1 is 1.21 bits per heavy atom. The van der Waals surface area contributed by atoms with Crippen molar-refractivity contribution in [3.05, 3.63) is 0 Å². The molecule has 0 aromatic heterocycles. The molecule has 0 fully saturated rings. The van der Waals surface area contributed by atoms with Crippen LogP contribution >= 0.6 is 8.15 Å². The zero-order valence-corrected chi connectivity index (χ0v) is 9.80. The molecule has 0 aromatic rings. The Labute approximate surface area is 85.8 Å². The number of ether oxygens (including phenoxy) is 1. The summed E-state index contributed by atoms with van der Waals surface area (Å²) in [6.45, 7) is 6.42. The highest BCUT2D eigenvalue weighted by atomic mass is 31.1. The van der Waals surface area contributed by atoms with Crippen LogP contribution in [-0.2, 0) is 18.8 Å². The molecule has 4 nitrogen and oxygen atoms in total. The molecule has 0 N–H and O–H groups in total. The summed E-state index contributed by atoms with van der Waals surface area (Å²) in [5.74, 6) is -1.19. The van der Waals surface area contributed by atoms with Crippen molar-refractivity contribution in [2.75, 3.05) is 26.0 Å². The first-order valence-electron chi connectivity index (χ1n) is 4.65. The maximum atomic E-state index is 11.1. The van der Waals surface area contributed by atoms with Crippen LogP contribution in [-0.4, -0.2) is 37.8 Å². The smallest absolute Gasteiger partial charge is 0.374 e. The van der Waals surface area contributed by atoms with E-state index in [1.165, 1.54) is 0 Å². The average Bonchev–Trinajstić information content (AvgIpc) is 2.15. The minimum atomic E-state index is -0.729. The van der Waals surface area contributed by atoms with E-state index in [9.17, 15) is 9.59 Å². The summed E-state index contributed by atoms with van der Waals surface area (Å²) >= 11 is 0. The molecule has 82 valence electrons. The van der Waals surface area contributed by atoms with Gasteiger partial charge in [0, 0.05) is 21.2 Å². The van der Waals surface area contributed by atoms with E-state index < -0.39 is 19.9 Å². The van der Waals surface area contributed by atoms with Gasteiger partial charge in [-0.15, -0.1) is 0 Å². The minimum absolute atomic E-state index is 0.223. The van der Waals surface area contributed by atoms with E-state index in [0.717, 1.165) is 0 Å². The third kappa shape index (κ3) is 6.06. The Balaban J connectivity index is 3.67. The van der Waals surface area contributed by atoms with E-state index >= 15 is 0 Å². The van der Waals surface area contributed by atoms with Gasteiger partial charge in [-0.05, 0) is 26.7 Å². The Bertz CT molecular complexity index is 193. The molecular formula is C9H17O4P. The lowest BCUT2D eigenvalue weighted by Crippen LogP contribution is -2.18. The predicted molar refractivity (Wildman–Crippen MR) is 55.6 cm³/mol. The third-order valence-corrected chi connectivity index (χ3v) is 3.06. The molecule has 0 aliphatic rings. The van der Waals surface area contributed by atoms with Gasteiger partial charge in [0.2, 0.25) is 5.78 Å². The quantitative estimate of drug-likeness (QED) is 0.371. The van der Waals surface area contributed by atoms with Crippen molar-refractivity contribution in [1.29, 1.82) is 0 Å². The van der Waals surface area contributed by atoms with Crippen LogP contribution in [0, 0.1) is 0 Å². The fourth-order valence-corrected chi connectivity index (χ4v) is 1.95. The molecule has 5 heteroatoms. The molecule has 0 aliphatic heterocycles. The van der Waals surface area contributed by atoms with Crippen LogP contribution < -0.4 is 0 Å². The highest BCUT2D eigenvalue weighted by Gasteiger charge is 2.15. The monoisotopic (exact) mass is 220 g/mol. The van der Waals surface area contributed by atoms with Crippen LogP contribution in [0.1, 0.15) is 20.3 Å². The summed E-state index contributed by atoms with van der Waals surface area (Å²) in [5, 5.41) is 0. The van der Waals surface area contributed by atoms with E-state index in [4.69, 9.17) is 4.52 Å². The van der Waals surface area contributed by atoms with Crippen molar-refractivity contribution in [3.63, 3.8) is 0 Å². The highest BCUT2D eigenvalue weighted by Crippen LogP contribution is 2.32. The molecule has 14 heavy (non-hydrogen) atoms. The molecule has 1 atom stereocenters. The summed E-state index contributed by atoms with van der Waals surface area (Å²) in [4.78, 5) is 22.0. The number of hydrogen-bond acceptors (Lipinski definition) is 4. The molecule has 0 amide bonds. The molecule has 0 aromatic carbocycles. The van der Waals surface area contributed by atoms with Crippen LogP contribution in [0.2, 0.25) is 0 Å². The summed E-state index contributed by atoms with van der Waals surface area (Å²) < 4.78 is 9.87. The first-order valence-corrected chi connectivity index (χ1v) is 6.55. The molecule has 0 heterocycles. The summed E-state index contributed by atoms with van der Waals surface area (Å²) in [5.41, 5.74) is 0. The van der Waals surface area contributed by atoms with Crippen LogP contribution in [0.3, 0.4) is 0 Å². The summed E-state index contributed by atoms with van der Waals surface area (Å²) in [6, 6.07) is 0. The zero-order valence-electron chi connectivity index (χ0n) is 8.91. The molecule has 0 saturated heterocycles. The number of carbonyl (C=O) groups excluding carboxylic acids is 2. The van der Waals surface area contributed by atoms with Gasteiger partial charge in [0.25, 0.3) is 0 Å². The lowest BCUT2D eigenvalue weighted by Gasteiger charge is -2.09. The van der Waals surface area contributed by atoms with Gasteiger partial charge in [-0.25, -0.2) is 4.79 Å². The number of esters is 1. The van der Waals surface area contributed by atoms with Crippen molar-refractivity contribution in [3.8, 4) is 0 Å². The van der Waals surface area contributed by atoms with Gasteiger partial charge in [0.05, 0.1) is 6.61 Å². The van der Waals surface area contributed by atoms with E-state index in [-0.39, 0.29) is 13.0 Å². The Morgan fingerprint density at radius 3 is 2.36 bits per heavy atom. The highest BCUT2D eigenvalue weighted by molar-refractivity contribution is 7.51. The van der Waals surface area contributed by atoms with Gasteiger partial charge < -0.3 is 9.26 Å². The van der Waals surface area contributed by atoms with Gasteiger partial charge in [0.15, 0.2) is 0 Å². The average molecular weight is 220 g/mol. The van der Waals surface area contributed by atoms with Crippen LogP contribution in [0.5, 0.6) is 0 Å². The molecule has 0 bridgehead atoms. The van der Waals surface area contributed by atoms with Crippen LogP contribution in [0.15, 0.2) is 0 Å². The summed E-state index contributed by atoms with van der Waals surface area (Å²) in [7, 11) is -0.576. The SMILES string of the molecule is CCOC(=O)C(=O)CCP(C)OCC. The number of carbonyl (C=O) groups is 2. The molecule has 0 rings (SSSR count). The standard InChI is InChI=1S/C9H17O4P/c1-4-12-9(11)8(10)6-7-14(3)13-5-2/h4-7H2,1-3H3. The third-order valence-electron chi connectivity index (χ3n) is 1.51. The normalized spacial score (nSPS) is 12.2. The van der Waals surface area contributed by atoms with Crippen molar-refractivity contribution < 1.29 is 18.8 Å². The first-order chi connectivity index (χ1) is 6.61. The second kappa shape index (κ2) is 7.89. The van der Waals surface area contributed by atoms with Gasteiger partial charge >= 0.3 is 5.97 Å². The van der Waals surface area contributed by atoms with Gasteiger partial charge in [-0.2, -0.15) is 0 Å². The van der Waals surface area contributed by atoms with Crippen molar-refractivity contribution in [2.24, 2.45) is 0 Å². The van der Waals surface area contributed by atoms with Crippen molar-refractivity contribution in [2.45, 2.75) is 20.3 Å². The maximum absolute atomic E-state index is 11.1. The maximum Gasteiger partial charge on any atom is 0.374 e. The van der Waals surface area contributed by atoms with Crippen molar-refractivity contribution >= 4 is 19.9 Å². The number of hydrogen-bond donors (Lipinski definition) is 0. The molecule has 0 aliphatic carbocycles. The summed E-state index contributed by atoms with van der Waals surface area (Å²) in [6.07, 6.45) is 0.849. The van der Waals surface area contributed by atoms with Gasteiger partial charge in [-0.1, -0.05) is 0 Å². The Morgan fingerprint density at radius 2 is 1.86 bits per heavy atom. The number of rotatable bonds is 7. The van der Waals surface area contributed by atoms with Crippen LogP contribution in [0.25, 0.3) is 0 Å². The van der Waals surface area contributed by atoms with E-state index in [1.54, 1.807) is 6.92 Å². The zero-order chi connectivity index (χ0) is 11.0. The molecule has 1 unspecified atom stereocenters. The topological polar surface area (TPSA) is 52.6 Å². The predicted octanol–water partition coefficient (Wildman–Crippen LogP) is 1.57. The Hall–Kier alpha value is -0.470. The lowest BCUT2D eigenvalue weighted by molar-refractivity contribution is -0.153. The Kier molecular flexibility index (Phi) is 7.63. The van der Waals surface area contributed by atoms with E-state index in [2.05, 4.69) is 4.74 Å². The van der Waals surface area contributed by atoms with E-state index in [1.807, 2.05) is 13.6 Å². The van der Waals surface area contributed by atoms with Gasteiger partial charge in [-0.3, -0.25) is 4.79 Å². The fraction of sp³-hybridized carbons (Fsp3) is 0.778. The van der Waals surface area contributed by atoms with E-state index in [0.29, 0.717) is 12.8 Å². The largest absolute Gasteiger partial charge is 0.460 e. The molecule has 0 saturated carbocycles. The fourth-order valence-electron chi connectivity index (χ4n) is 0.858. The van der Waals surface area contributed by atoms with Crippen molar-refractivity contribution in [1.82, 2.24) is 0 Å². The molecule has 0 spiro atoms. The van der Waals surface area contributed by atoms with Gasteiger partial charge in [0.1, 0.15) is 0 Å².